The van der Waals surface area contributed by atoms with E-state index in [0.717, 1.165) is 43.6 Å². The first kappa shape index (κ1) is 12.9. The fraction of sp³-hybridized carbons (Fsp3) is 0.625. The number of ether oxygens (including phenoxy) is 2. The molecule has 2 atom stereocenters. The Morgan fingerprint density at radius 1 is 1.21 bits per heavy atom. The van der Waals surface area contributed by atoms with Gasteiger partial charge in [0.15, 0.2) is 0 Å². The van der Waals surface area contributed by atoms with Gasteiger partial charge in [-0.2, -0.15) is 0 Å². The largest absolute Gasteiger partial charge is 0.491 e. The number of benzene rings is 1. The lowest BCUT2D eigenvalue weighted by Crippen LogP contribution is -2.25. The first-order chi connectivity index (χ1) is 9.33. The Hall–Kier alpha value is -1.06. The van der Waals surface area contributed by atoms with Crippen LogP contribution in [0.5, 0.6) is 5.75 Å². The minimum Gasteiger partial charge on any atom is -0.491 e. The Morgan fingerprint density at radius 2 is 2.16 bits per heavy atom. The van der Waals surface area contributed by atoms with E-state index in [1.807, 2.05) is 12.1 Å². The van der Waals surface area contributed by atoms with Crippen LogP contribution in [0.3, 0.4) is 0 Å². The minimum absolute atomic E-state index is 0.231. The van der Waals surface area contributed by atoms with Gasteiger partial charge in [-0.1, -0.05) is 6.07 Å². The van der Waals surface area contributed by atoms with Crippen LogP contribution in [0.4, 0.5) is 0 Å². The predicted octanol–water partition coefficient (Wildman–Crippen LogP) is 3.00. The number of hydrogen-bond donors (Lipinski definition) is 1. The Morgan fingerprint density at radius 3 is 3.00 bits per heavy atom. The maximum Gasteiger partial charge on any atom is 0.119 e. The second kappa shape index (κ2) is 5.93. The van der Waals surface area contributed by atoms with E-state index in [2.05, 4.69) is 6.07 Å². The van der Waals surface area contributed by atoms with Crippen molar-refractivity contribution < 1.29 is 14.6 Å². The Balaban J connectivity index is 1.63. The molecule has 104 valence electrons. The zero-order valence-corrected chi connectivity index (χ0v) is 11.3. The van der Waals surface area contributed by atoms with Crippen LogP contribution in [0.1, 0.15) is 49.3 Å². The van der Waals surface area contributed by atoms with Gasteiger partial charge in [0.2, 0.25) is 0 Å². The summed E-state index contributed by atoms with van der Waals surface area (Å²) in [5.74, 6) is 0.855. The van der Waals surface area contributed by atoms with Gasteiger partial charge in [0.1, 0.15) is 12.4 Å². The molecule has 1 fully saturated rings. The molecule has 0 saturated carbocycles. The second-order valence-corrected chi connectivity index (χ2v) is 5.57. The van der Waals surface area contributed by atoms with Crippen LogP contribution < -0.4 is 4.74 Å². The summed E-state index contributed by atoms with van der Waals surface area (Å²) in [6.07, 6.45) is 6.41. The average Bonchev–Trinajstić information content (AvgIpc) is 2.47. The Labute approximate surface area is 114 Å². The molecule has 1 aromatic rings. The predicted molar refractivity (Wildman–Crippen MR) is 73.4 cm³/mol. The number of aliphatic hydroxyl groups excluding tert-OH is 1. The standard InChI is InChI=1S/C16H22O3/c17-16-6-3-4-12-7-8-13(10-15(12)16)19-11-14-5-1-2-9-18-14/h7-8,10,14,16-17H,1-6,9,11H2. The summed E-state index contributed by atoms with van der Waals surface area (Å²) < 4.78 is 11.5. The lowest BCUT2D eigenvalue weighted by Gasteiger charge is -2.24. The quantitative estimate of drug-likeness (QED) is 0.910. The number of aliphatic hydroxyl groups is 1. The van der Waals surface area contributed by atoms with Crippen molar-refractivity contribution in [1.29, 1.82) is 0 Å². The van der Waals surface area contributed by atoms with Crippen LogP contribution in [-0.4, -0.2) is 24.4 Å². The van der Waals surface area contributed by atoms with Gasteiger partial charge in [-0.3, -0.25) is 0 Å². The van der Waals surface area contributed by atoms with Crippen molar-refractivity contribution in [2.24, 2.45) is 0 Å². The summed E-state index contributed by atoms with van der Waals surface area (Å²) in [6, 6.07) is 6.11. The topological polar surface area (TPSA) is 38.7 Å². The lowest BCUT2D eigenvalue weighted by molar-refractivity contribution is -0.0111. The van der Waals surface area contributed by atoms with Crippen LogP contribution in [0, 0.1) is 0 Å². The normalized spacial score (nSPS) is 26.8. The highest BCUT2D eigenvalue weighted by Crippen LogP contribution is 2.32. The summed E-state index contributed by atoms with van der Waals surface area (Å²) in [4.78, 5) is 0. The number of fused-ring (bicyclic) bond motifs is 1. The zero-order valence-electron chi connectivity index (χ0n) is 11.3. The van der Waals surface area contributed by atoms with E-state index in [4.69, 9.17) is 9.47 Å². The van der Waals surface area contributed by atoms with Gasteiger partial charge in [0.25, 0.3) is 0 Å². The average molecular weight is 262 g/mol. The summed E-state index contributed by atoms with van der Waals surface area (Å²) in [5.41, 5.74) is 2.31. The Bertz CT molecular complexity index is 424. The van der Waals surface area contributed by atoms with Crippen LogP contribution in [0.2, 0.25) is 0 Å². The lowest BCUT2D eigenvalue weighted by atomic mass is 9.89. The summed E-state index contributed by atoms with van der Waals surface area (Å²) in [7, 11) is 0. The first-order valence-electron chi connectivity index (χ1n) is 7.38. The molecule has 1 saturated heterocycles. The van der Waals surface area contributed by atoms with E-state index in [0.29, 0.717) is 6.61 Å². The molecule has 0 amide bonds. The first-order valence-corrected chi connectivity index (χ1v) is 7.38. The van der Waals surface area contributed by atoms with Crippen molar-refractivity contribution in [3.63, 3.8) is 0 Å². The number of hydrogen-bond acceptors (Lipinski definition) is 3. The monoisotopic (exact) mass is 262 g/mol. The third kappa shape index (κ3) is 3.10. The molecule has 1 aliphatic heterocycles. The molecule has 1 N–H and O–H groups in total. The molecule has 0 bridgehead atoms. The third-order valence-corrected chi connectivity index (χ3v) is 4.11. The molecular formula is C16H22O3. The SMILES string of the molecule is OC1CCCc2ccc(OCC3CCCCO3)cc21. The molecule has 3 heteroatoms. The van der Waals surface area contributed by atoms with Gasteiger partial charge in [-0.25, -0.2) is 0 Å². The van der Waals surface area contributed by atoms with Crippen molar-refractivity contribution in [2.45, 2.75) is 50.7 Å². The minimum atomic E-state index is -0.321. The molecule has 0 aromatic heterocycles. The van der Waals surface area contributed by atoms with Crippen molar-refractivity contribution >= 4 is 0 Å². The van der Waals surface area contributed by atoms with Crippen molar-refractivity contribution in [3.05, 3.63) is 29.3 Å². The smallest absolute Gasteiger partial charge is 0.119 e. The van der Waals surface area contributed by atoms with Crippen LogP contribution >= 0.6 is 0 Å². The molecule has 3 nitrogen and oxygen atoms in total. The number of aryl methyl sites for hydroxylation is 1. The van der Waals surface area contributed by atoms with Crippen molar-refractivity contribution in [3.8, 4) is 5.75 Å². The fourth-order valence-corrected chi connectivity index (χ4v) is 2.97. The molecule has 1 aliphatic carbocycles. The molecule has 0 spiro atoms. The second-order valence-electron chi connectivity index (χ2n) is 5.57. The van der Waals surface area contributed by atoms with Gasteiger partial charge >= 0.3 is 0 Å². The number of rotatable bonds is 3. The van der Waals surface area contributed by atoms with E-state index in [1.165, 1.54) is 18.4 Å². The fourth-order valence-electron chi connectivity index (χ4n) is 2.97. The molecule has 1 heterocycles. The highest BCUT2D eigenvalue weighted by molar-refractivity contribution is 5.38. The van der Waals surface area contributed by atoms with E-state index >= 15 is 0 Å². The summed E-state index contributed by atoms with van der Waals surface area (Å²) in [5, 5.41) is 10.0. The van der Waals surface area contributed by atoms with Crippen molar-refractivity contribution in [2.75, 3.05) is 13.2 Å². The Kier molecular flexibility index (Phi) is 4.04. The molecule has 3 rings (SSSR count). The summed E-state index contributed by atoms with van der Waals surface area (Å²) >= 11 is 0. The molecule has 0 radical (unpaired) electrons. The molecule has 19 heavy (non-hydrogen) atoms. The highest BCUT2D eigenvalue weighted by atomic mass is 16.5. The van der Waals surface area contributed by atoms with E-state index in [-0.39, 0.29) is 12.2 Å². The maximum atomic E-state index is 10.0. The van der Waals surface area contributed by atoms with E-state index < -0.39 is 0 Å². The van der Waals surface area contributed by atoms with Crippen LogP contribution in [0.15, 0.2) is 18.2 Å². The van der Waals surface area contributed by atoms with Crippen LogP contribution in [-0.2, 0) is 11.2 Å². The molecule has 2 aliphatic rings. The van der Waals surface area contributed by atoms with Crippen LogP contribution in [0.25, 0.3) is 0 Å². The van der Waals surface area contributed by atoms with Gasteiger partial charge in [-0.15, -0.1) is 0 Å². The summed E-state index contributed by atoms with van der Waals surface area (Å²) in [6.45, 7) is 1.48. The van der Waals surface area contributed by atoms with Gasteiger partial charge in [0.05, 0.1) is 12.2 Å². The zero-order chi connectivity index (χ0) is 13.1. The van der Waals surface area contributed by atoms with Gasteiger partial charge in [-0.05, 0) is 61.8 Å². The highest BCUT2D eigenvalue weighted by Gasteiger charge is 2.19. The van der Waals surface area contributed by atoms with Crippen molar-refractivity contribution in [1.82, 2.24) is 0 Å². The van der Waals surface area contributed by atoms with E-state index in [9.17, 15) is 5.11 Å². The molecular weight excluding hydrogens is 240 g/mol. The molecule has 2 unspecified atom stereocenters. The van der Waals surface area contributed by atoms with Gasteiger partial charge in [0, 0.05) is 6.61 Å². The molecule has 1 aromatic carbocycles. The van der Waals surface area contributed by atoms with Gasteiger partial charge < -0.3 is 14.6 Å². The maximum absolute atomic E-state index is 10.0. The van der Waals surface area contributed by atoms with E-state index in [1.54, 1.807) is 0 Å². The third-order valence-electron chi connectivity index (χ3n) is 4.11.